The van der Waals surface area contributed by atoms with Crippen molar-refractivity contribution >= 4 is 41.7 Å². The number of hydrogen-bond acceptors (Lipinski definition) is 5. The van der Waals surface area contributed by atoms with E-state index in [1.807, 2.05) is 24.5 Å². The Labute approximate surface area is 193 Å². The van der Waals surface area contributed by atoms with Crippen LogP contribution in [0.5, 0.6) is 5.88 Å². The molecule has 0 amide bonds. The highest BCUT2D eigenvalue weighted by Crippen LogP contribution is 2.16. The number of benzene rings is 1. The summed E-state index contributed by atoms with van der Waals surface area (Å²) in [6, 6.07) is 8.67. The van der Waals surface area contributed by atoms with Gasteiger partial charge in [0.1, 0.15) is 12.4 Å². The molecule has 0 atom stereocenters. The fourth-order valence-corrected chi connectivity index (χ4v) is 3.05. The van der Waals surface area contributed by atoms with Gasteiger partial charge in [-0.1, -0.05) is 12.1 Å². The van der Waals surface area contributed by atoms with Crippen molar-refractivity contribution in [3.05, 3.63) is 59.0 Å². The molecule has 160 valence electrons. The summed E-state index contributed by atoms with van der Waals surface area (Å²) in [5.41, 5.74) is 3.05. The normalized spacial score (nSPS) is 11.0. The molecule has 0 unspecified atom stereocenters. The maximum Gasteiger partial charge on any atom is 0.213 e. The first-order valence-electron chi connectivity index (χ1n) is 8.93. The number of aliphatic imine (C=N–C) groups is 1. The Morgan fingerprint density at radius 3 is 2.59 bits per heavy atom. The molecule has 2 N–H and O–H groups in total. The lowest BCUT2D eigenvalue weighted by atomic mass is 10.1. The van der Waals surface area contributed by atoms with Gasteiger partial charge in [0.15, 0.2) is 5.96 Å². The van der Waals surface area contributed by atoms with E-state index in [0.29, 0.717) is 38.1 Å². The van der Waals surface area contributed by atoms with Crippen LogP contribution >= 0.6 is 35.7 Å². The molecular weight excluding hydrogens is 506 g/mol. The van der Waals surface area contributed by atoms with Crippen molar-refractivity contribution in [2.75, 3.05) is 33.6 Å². The van der Waals surface area contributed by atoms with Gasteiger partial charge in [0, 0.05) is 45.3 Å². The minimum Gasteiger partial charge on any atom is -0.475 e. The molecule has 0 aliphatic rings. The second kappa shape index (κ2) is 14.4. The zero-order valence-electron chi connectivity index (χ0n) is 16.9. The second-order valence-electron chi connectivity index (χ2n) is 5.97. The van der Waals surface area contributed by atoms with Crippen molar-refractivity contribution in [2.45, 2.75) is 18.8 Å². The summed E-state index contributed by atoms with van der Waals surface area (Å²) in [5.74, 6) is 1.80. The minimum atomic E-state index is -0.211. The van der Waals surface area contributed by atoms with E-state index in [1.165, 1.54) is 6.07 Å². The first-order valence-corrected chi connectivity index (χ1v) is 10.3. The number of thioether (sulfide) groups is 1. The van der Waals surface area contributed by atoms with E-state index in [9.17, 15) is 4.39 Å². The van der Waals surface area contributed by atoms with Crippen LogP contribution in [0.2, 0.25) is 0 Å². The monoisotopic (exact) mass is 534 g/mol. The lowest BCUT2D eigenvalue weighted by Crippen LogP contribution is -2.36. The van der Waals surface area contributed by atoms with Gasteiger partial charge in [-0.05, 0) is 35.1 Å². The van der Waals surface area contributed by atoms with Crippen molar-refractivity contribution in [3.63, 3.8) is 0 Å². The predicted molar refractivity (Wildman–Crippen MR) is 128 cm³/mol. The summed E-state index contributed by atoms with van der Waals surface area (Å²) in [5, 5.41) is 6.52. The Hall–Kier alpha value is -1.59. The predicted octanol–water partition coefficient (Wildman–Crippen LogP) is 3.59. The third-order valence-corrected chi connectivity index (χ3v) is 4.53. The number of halogens is 2. The zero-order chi connectivity index (χ0) is 20.2. The summed E-state index contributed by atoms with van der Waals surface area (Å²) in [6.07, 6.45) is 3.77. The zero-order valence-corrected chi connectivity index (χ0v) is 20.1. The molecule has 0 radical (unpaired) electrons. The second-order valence-corrected chi connectivity index (χ2v) is 6.84. The SMILES string of the molecule is CN=C(NCc1ccc(OCCOC)nc1)NCc1ccc(F)cc1CSC.I. The molecule has 0 aliphatic carbocycles. The van der Waals surface area contributed by atoms with E-state index in [2.05, 4.69) is 20.6 Å². The number of methoxy groups -OCH3 is 1. The summed E-state index contributed by atoms with van der Waals surface area (Å²) in [6.45, 7) is 2.14. The highest BCUT2D eigenvalue weighted by molar-refractivity contribution is 14.0. The van der Waals surface area contributed by atoms with Crippen molar-refractivity contribution in [3.8, 4) is 5.88 Å². The van der Waals surface area contributed by atoms with E-state index < -0.39 is 0 Å². The van der Waals surface area contributed by atoms with E-state index in [1.54, 1.807) is 38.2 Å². The lowest BCUT2D eigenvalue weighted by Gasteiger charge is -2.14. The van der Waals surface area contributed by atoms with E-state index in [-0.39, 0.29) is 29.8 Å². The Morgan fingerprint density at radius 2 is 1.93 bits per heavy atom. The lowest BCUT2D eigenvalue weighted by molar-refractivity contribution is 0.143. The third-order valence-electron chi connectivity index (χ3n) is 3.93. The number of nitrogens with zero attached hydrogens (tertiary/aromatic N) is 2. The molecule has 0 saturated heterocycles. The topological polar surface area (TPSA) is 67.8 Å². The molecule has 0 spiro atoms. The van der Waals surface area contributed by atoms with Crippen LogP contribution in [0.25, 0.3) is 0 Å². The maximum absolute atomic E-state index is 13.5. The van der Waals surface area contributed by atoms with Crippen molar-refractivity contribution in [1.29, 1.82) is 0 Å². The standard InChI is InChI=1S/C20H27FN4O2S.HI/c1-22-20(25-13-16-5-6-18(21)10-17(16)14-28-3)24-12-15-4-7-19(23-11-15)27-9-8-26-2;/h4-7,10-11H,8-9,12-14H2,1-3H3,(H2,22,24,25);1H. The van der Waals surface area contributed by atoms with Gasteiger partial charge in [-0.25, -0.2) is 9.37 Å². The summed E-state index contributed by atoms with van der Waals surface area (Å²) in [4.78, 5) is 8.51. The molecule has 0 fully saturated rings. The van der Waals surface area contributed by atoms with Gasteiger partial charge in [-0.2, -0.15) is 11.8 Å². The van der Waals surface area contributed by atoms with Gasteiger partial charge >= 0.3 is 0 Å². The number of ether oxygens (including phenoxy) is 2. The largest absolute Gasteiger partial charge is 0.475 e. The minimum absolute atomic E-state index is 0. The number of hydrogen-bond donors (Lipinski definition) is 2. The molecule has 0 saturated carbocycles. The number of guanidine groups is 1. The van der Waals surface area contributed by atoms with Crippen LogP contribution in [0.3, 0.4) is 0 Å². The Kier molecular flexibility index (Phi) is 12.6. The molecule has 0 aliphatic heterocycles. The van der Waals surface area contributed by atoms with Crippen LogP contribution < -0.4 is 15.4 Å². The van der Waals surface area contributed by atoms with Gasteiger partial charge < -0.3 is 20.1 Å². The summed E-state index contributed by atoms with van der Waals surface area (Å²) < 4.78 is 23.9. The van der Waals surface area contributed by atoms with Crippen LogP contribution in [0.4, 0.5) is 4.39 Å². The first-order chi connectivity index (χ1) is 13.7. The first kappa shape index (κ1) is 25.4. The fraction of sp³-hybridized carbons (Fsp3) is 0.400. The molecule has 2 rings (SSSR count). The van der Waals surface area contributed by atoms with E-state index in [0.717, 1.165) is 22.4 Å². The summed E-state index contributed by atoms with van der Waals surface area (Å²) >= 11 is 1.67. The number of pyridine rings is 1. The van der Waals surface area contributed by atoms with Crippen LogP contribution in [0, 0.1) is 5.82 Å². The number of nitrogens with one attached hydrogen (secondary N) is 2. The molecule has 29 heavy (non-hydrogen) atoms. The van der Waals surface area contributed by atoms with Crippen molar-refractivity contribution < 1.29 is 13.9 Å². The highest BCUT2D eigenvalue weighted by atomic mass is 127. The number of rotatable bonds is 10. The van der Waals surface area contributed by atoms with Crippen LogP contribution in [0.1, 0.15) is 16.7 Å². The maximum atomic E-state index is 13.5. The van der Waals surface area contributed by atoms with E-state index in [4.69, 9.17) is 9.47 Å². The van der Waals surface area contributed by atoms with Gasteiger partial charge in [0.2, 0.25) is 5.88 Å². The molecule has 1 heterocycles. The van der Waals surface area contributed by atoms with Gasteiger partial charge in [0.05, 0.1) is 6.61 Å². The smallest absolute Gasteiger partial charge is 0.213 e. The molecular formula is C20H28FIN4O2S. The Morgan fingerprint density at radius 1 is 1.14 bits per heavy atom. The molecule has 0 bridgehead atoms. The average Bonchev–Trinajstić information content (AvgIpc) is 2.71. The fourth-order valence-electron chi connectivity index (χ4n) is 2.47. The molecule has 9 heteroatoms. The highest BCUT2D eigenvalue weighted by Gasteiger charge is 2.06. The van der Waals surface area contributed by atoms with Crippen molar-refractivity contribution in [2.24, 2.45) is 4.99 Å². The molecule has 1 aromatic heterocycles. The van der Waals surface area contributed by atoms with Crippen LogP contribution in [-0.4, -0.2) is 44.6 Å². The molecule has 6 nitrogen and oxygen atoms in total. The van der Waals surface area contributed by atoms with E-state index >= 15 is 0 Å². The Bertz CT molecular complexity index is 763. The third kappa shape index (κ3) is 9.18. The number of aromatic nitrogens is 1. The average molecular weight is 534 g/mol. The van der Waals surface area contributed by atoms with Crippen LogP contribution in [0.15, 0.2) is 41.5 Å². The molecule has 1 aromatic carbocycles. The molecule has 2 aromatic rings. The van der Waals surface area contributed by atoms with Crippen LogP contribution in [-0.2, 0) is 23.6 Å². The quantitative estimate of drug-likeness (QED) is 0.210. The Balaban J connectivity index is 0.00000420. The van der Waals surface area contributed by atoms with Crippen molar-refractivity contribution in [1.82, 2.24) is 15.6 Å². The van der Waals surface area contributed by atoms with Gasteiger partial charge in [-0.3, -0.25) is 4.99 Å². The van der Waals surface area contributed by atoms with Gasteiger partial charge in [0.25, 0.3) is 0 Å². The van der Waals surface area contributed by atoms with Gasteiger partial charge in [-0.15, -0.1) is 24.0 Å². The summed E-state index contributed by atoms with van der Waals surface area (Å²) in [7, 11) is 3.35.